The lowest BCUT2D eigenvalue weighted by molar-refractivity contribution is -0.384. The number of carbonyl (C=O) groups excluding carboxylic acids is 2. The van der Waals surface area contributed by atoms with Gasteiger partial charge < -0.3 is 10.8 Å². The summed E-state index contributed by atoms with van der Waals surface area (Å²) in [7, 11) is 1.10. The van der Waals surface area contributed by atoms with E-state index in [1.165, 1.54) is 0 Å². The number of carbonyl (C=O) groups is 2. The molecule has 0 saturated carbocycles. The predicted molar refractivity (Wildman–Crippen MR) is 41.7 cm³/mol. The van der Waals surface area contributed by atoms with Gasteiger partial charge in [0.2, 0.25) is 5.84 Å². The summed E-state index contributed by atoms with van der Waals surface area (Å²) in [6, 6.07) is -1.90. The van der Waals surface area contributed by atoms with Crippen LogP contribution in [0.25, 0.3) is 0 Å². The molecule has 0 saturated heterocycles. The molecule has 5 N–H and O–H groups in total. The molecule has 0 aromatic rings. The Morgan fingerprint density at radius 1 is 1.79 bits per heavy atom. The number of hydrogen-bond acceptors (Lipinski definition) is 5. The van der Waals surface area contributed by atoms with E-state index in [-0.39, 0.29) is 0 Å². The summed E-state index contributed by atoms with van der Waals surface area (Å²) in [4.78, 5) is 32.8. The highest BCUT2D eigenvalue weighted by Gasteiger charge is 2.44. The molecule has 9 nitrogen and oxygen atoms in total. The molecule has 0 aliphatic carbocycles. The molecular weight excluding hydrogens is 196 g/mol. The average Bonchev–Trinajstić information content (AvgIpc) is 2.26. The van der Waals surface area contributed by atoms with Crippen molar-refractivity contribution in [2.24, 2.45) is 10.7 Å². The lowest BCUT2D eigenvalue weighted by Crippen LogP contribution is -2.57. The molecule has 0 aromatic carbocycles. The number of aliphatic imine (C=N–C) groups is 1. The number of rotatable bonds is 2. The molecule has 1 rings (SSSR count). The standard InChI is InChI=1S/C5H8N4O5/c1-13-14-5(12)2(7-3(6)10)8-4(11)9-5/h12H,1H3,(H4,6,7,8,9,10,11). The molecule has 1 unspecified atom stereocenters. The van der Waals surface area contributed by atoms with Crippen LogP contribution in [-0.2, 0) is 9.78 Å². The maximum atomic E-state index is 10.7. The fourth-order valence-corrected chi connectivity index (χ4v) is 0.820. The minimum Gasteiger partial charge on any atom is -0.351 e. The van der Waals surface area contributed by atoms with Crippen LogP contribution in [-0.4, -0.2) is 36.0 Å². The molecule has 78 valence electrons. The van der Waals surface area contributed by atoms with Crippen LogP contribution in [0.15, 0.2) is 4.99 Å². The smallest absolute Gasteiger partial charge is 0.347 e. The van der Waals surface area contributed by atoms with Gasteiger partial charge in [-0.25, -0.2) is 14.5 Å². The van der Waals surface area contributed by atoms with E-state index in [4.69, 9.17) is 5.73 Å². The van der Waals surface area contributed by atoms with Gasteiger partial charge >= 0.3 is 18.0 Å². The summed E-state index contributed by atoms with van der Waals surface area (Å²) in [6.45, 7) is 0. The Morgan fingerprint density at radius 2 is 2.43 bits per heavy atom. The van der Waals surface area contributed by atoms with Gasteiger partial charge in [-0.2, -0.15) is 9.88 Å². The maximum absolute atomic E-state index is 10.7. The van der Waals surface area contributed by atoms with Gasteiger partial charge in [-0.1, -0.05) is 0 Å². The molecule has 14 heavy (non-hydrogen) atoms. The summed E-state index contributed by atoms with van der Waals surface area (Å²) in [5.74, 6) is -2.81. The van der Waals surface area contributed by atoms with Crippen molar-refractivity contribution in [1.82, 2.24) is 10.6 Å². The van der Waals surface area contributed by atoms with E-state index in [1.807, 2.05) is 10.6 Å². The van der Waals surface area contributed by atoms with Crippen LogP contribution in [0, 0.1) is 0 Å². The van der Waals surface area contributed by atoms with Crippen molar-refractivity contribution >= 4 is 17.9 Å². The number of hydrogen-bond donors (Lipinski definition) is 4. The Balaban J connectivity index is 2.82. The number of aliphatic hydroxyl groups is 1. The monoisotopic (exact) mass is 204 g/mol. The highest BCUT2D eigenvalue weighted by Crippen LogP contribution is 2.11. The van der Waals surface area contributed by atoms with Crippen LogP contribution in [0.3, 0.4) is 0 Å². The number of nitrogens with two attached hydrogens (primary N) is 1. The van der Waals surface area contributed by atoms with E-state index in [1.54, 1.807) is 0 Å². The Morgan fingerprint density at radius 3 is 2.93 bits per heavy atom. The van der Waals surface area contributed by atoms with E-state index < -0.39 is 23.8 Å². The van der Waals surface area contributed by atoms with Gasteiger partial charge in [0.1, 0.15) is 0 Å². The second-order valence-electron chi connectivity index (χ2n) is 2.27. The van der Waals surface area contributed by atoms with Crippen LogP contribution in [0.4, 0.5) is 9.59 Å². The van der Waals surface area contributed by atoms with Gasteiger partial charge in [0, 0.05) is 0 Å². The molecule has 0 radical (unpaired) electrons. The van der Waals surface area contributed by atoms with Crippen molar-refractivity contribution < 1.29 is 24.5 Å². The lowest BCUT2D eigenvalue weighted by Gasteiger charge is -2.20. The normalized spacial score (nSPS) is 25.6. The largest absolute Gasteiger partial charge is 0.351 e. The van der Waals surface area contributed by atoms with Crippen molar-refractivity contribution in [3.8, 4) is 0 Å². The second-order valence-corrected chi connectivity index (χ2v) is 2.27. The topological polar surface area (TPSA) is 135 Å². The molecule has 0 spiro atoms. The fraction of sp³-hybridized carbons (Fsp3) is 0.400. The second kappa shape index (κ2) is 3.57. The van der Waals surface area contributed by atoms with Crippen LogP contribution in [0.2, 0.25) is 0 Å². The molecule has 4 amide bonds. The van der Waals surface area contributed by atoms with E-state index in [0.29, 0.717) is 0 Å². The Hall–Kier alpha value is -1.71. The third-order valence-electron chi connectivity index (χ3n) is 1.26. The van der Waals surface area contributed by atoms with Crippen molar-refractivity contribution in [2.75, 3.05) is 7.11 Å². The number of amidine groups is 1. The summed E-state index contributed by atoms with van der Waals surface area (Å²) < 4.78 is 0. The minimum atomic E-state index is -2.32. The number of urea groups is 2. The summed E-state index contributed by atoms with van der Waals surface area (Å²) in [5, 5.41) is 13.3. The molecule has 1 atom stereocenters. The number of amides is 4. The molecule has 0 aromatic heterocycles. The predicted octanol–water partition coefficient (Wildman–Crippen LogP) is -2.00. The first-order chi connectivity index (χ1) is 6.48. The van der Waals surface area contributed by atoms with Crippen LogP contribution in [0.1, 0.15) is 0 Å². The van der Waals surface area contributed by atoms with Gasteiger partial charge in [-0.05, 0) is 0 Å². The zero-order valence-corrected chi connectivity index (χ0v) is 7.10. The molecule has 1 aliphatic rings. The zero-order valence-electron chi connectivity index (χ0n) is 7.10. The van der Waals surface area contributed by atoms with Crippen molar-refractivity contribution in [1.29, 1.82) is 0 Å². The minimum absolute atomic E-state index is 0.489. The van der Waals surface area contributed by atoms with Crippen molar-refractivity contribution in [3.63, 3.8) is 0 Å². The Kier molecular flexibility index (Phi) is 2.65. The van der Waals surface area contributed by atoms with Crippen LogP contribution < -0.4 is 16.4 Å². The van der Waals surface area contributed by atoms with Crippen LogP contribution >= 0.6 is 0 Å². The van der Waals surface area contributed by atoms with E-state index in [0.717, 1.165) is 7.11 Å². The van der Waals surface area contributed by atoms with E-state index in [9.17, 15) is 14.7 Å². The quantitative estimate of drug-likeness (QED) is 0.234. The maximum Gasteiger partial charge on any atom is 0.347 e. The highest BCUT2D eigenvalue weighted by atomic mass is 17.2. The first-order valence-corrected chi connectivity index (χ1v) is 3.40. The van der Waals surface area contributed by atoms with Gasteiger partial charge in [-0.3, -0.25) is 10.6 Å². The number of primary amides is 1. The molecule has 9 heteroatoms. The lowest BCUT2D eigenvalue weighted by atomic mass is 10.4. The van der Waals surface area contributed by atoms with Crippen LogP contribution in [0.5, 0.6) is 0 Å². The van der Waals surface area contributed by atoms with E-state index in [2.05, 4.69) is 14.8 Å². The van der Waals surface area contributed by atoms with Gasteiger partial charge in [-0.15, -0.1) is 0 Å². The highest BCUT2D eigenvalue weighted by molar-refractivity contribution is 6.10. The number of nitrogens with one attached hydrogen (secondary N) is 2. The molecule has 1 heterocycles. The van der Waals surface area contributed by atoms with Crippen molar-refractivity contribution in [3.05, 3.63) is 0 Å². The average molecular weight is 204 g/mol. The number of nitrogens with zero attached hydrogens (tertiary/aromatic N) is 1. The van der Waals surface area contributed by atoms with Crippen molar-refractivity contribution in [2.45, 2.75) is 5.91 Å². The Bertz CT molecular complexity index is 302. The first kappa shape index (κ1) is 10.4. The van der Waals surface area contributed by atoms with Gasteiger partial charge in [0.15, 0.2) is 0 Å². The zero-order chi connectivity index (χ0) is 10.8. The molecule has 0 bridgehead atoms. The molecule has 0 fully saturated rings. The molecule has 1 aliphatic heterocycles. The Labute approximate surface area is 77.8 Å². The van der Waals surface area contributed by atoms with E-state index >= 15 is 0 Å². The molecular formula is C5H8N4O5. The fourth-order valence-electron chi connectivity index (χ4n) is 0.820. The van der Waals surface area contributed by atoms with Gasteiger partial charge in [0.05, 0.1) is 7.11 Å². The SMILES string of the molecule is COOC1(O)NC(=O)N=C1NC(N)=O. The van der Waals surface area contributed by atoms with Gasteiger partial charge in [0.25, 0.3) is 0 Å². The third-order valence-corrected chi connectivity index (χ3v) is 1.26. The third kappa shape index (κ3) is 1.96. The summed E-state index contributed by atoms with van der Waals surface area (Å²) >= 11 is 0. The summed E-state index contributed by atoms with van der Waals surface area (Å²) in [5.41, 5.74) is 4.76. The summed E-state index contributed by atoms with van der Waals surface area (Å²) in [6.07, 6.45) is 0. The first-order valence-electron chi connectivity index (χ1n) is 3.40.